The number of carbonyl (C=O) groups excluding carboxylic acids is 1. The van der Waals surface area contributed by atoms with Crippen LogP contribution in [0.25, 0.3) is 11.6 Å². The van der Waals surface area contributed by atoms with E-state index >= 15 is 0 Å². The molecule has 6 nitrogen and oxygen atoms in total. The summed E-state index contributed by atoms with van der Waals surface area (Å²) in [6.07, 6.45) is 11.6. The maximum atomic E-state index is 12.5. The van der Waals surface area contributed by atoms with Crippen LogP contribution in [0.1, 0.15) is 57.3 Å². The predicted octanol–water partition coefficient (Wildman–Crippen LogP) is 3.84. The number of hydrogen-bond donors (Lipinski definition) is 0. The third-order valence-electron chi connectivity index (χ3n) is 5.85. The molecule has 1 amide bonds. The summed E-state index contributed by atoms with van der Waals surface area (Å²) in [6, 6.07) is 3.57. The van der Waals surface area contributed by atoms with E-state index in [4.69, 9.17) is 8.94 Å². The summed E-state index contributed by atoms with van der Waals surface area (Å²) in [4.78, 5) is 18.8. The standard InChI is InChI=1S/C19H25N3O3/c23-17(22-12-10-19(11-13-22)8-2-1-3-9-19)7-6-16-20-18(21-25-16)15-5-4-14-24-15/h4-5,14H,1-3,6-13H2. The van der Waals surface area contributed by atoms with Crippen molar-refractivity contribution < 1.29 is 13.7 Å². The number of rotatable bonds is 4. The van der Waals surface area contributed by atoms with Crippen molar-refractivity contribution in [1.82, 2.24) is 15.0 Å². The highest BCUT2D eigenvalue weighted by molar-refractivity contribution is 5.76. The number of nitrogens with zero attached hydrogens (tertiary/aromatic N) is 3. The minimum atomic E-state index is 0.198. The largest absolute Gasteiger partial charge is 0.461 e. The summed E-state index contributed by atoms with van der Waals surface area (Å²) in [5.41, 5.74) is 0.527. The lowest BCUT2D eigenvalue weighted by molar-refractivity contribution is -0.134. The van der Waals surface area contributed by atoms with Crippen molar-refractivity contribution in [2.24, 2.45) is 5.41 Å². The number of aromatic nitrogens is 2. The van der Waals surface area contributed by atoms with Crippen LogP contribution in [0.3, 0.4) is 0 Å². The van der Waals surface area contributed by atoms with E-state index in [2.05, 4.69) is 10.1 Å². The molecule has 0 bridgehead atoms. The Labute approximate surface area is 147 Å². The molecule has 3 heterocycles. The quantitative estimate of drug-likeness (QED) is 0.843. The average Bonchev–Trinajstić information content (AvgIpc) is 3.32. The molecule has 4 rings (SSSR count). The zero-order chi connectivity index (χ0) is 17.1. The lowest BCUT2D eigenvalue weighted by Crippen LogP contribution is -2.44. The van der Waals surface area contributed by atoms with Gasteiger partial charge in [0.2, 0.25) is 17.6 Å². The second kappa shape index (κ2) is 7.02. The molecular formula is C19H25N3O3. The second-order valence-corrected chi connectivity index (χ2v) is 7.43. The summed E-state index contributed by atoms with van der Waals surface area (Å²) in [6.45, 7) is 1.81. The predicted molar refractivity (Wildman–Crippen MR) is 91.7 cm³/mol. The van der Waals surface area contributed by atoms with Gasteiger partial charge in [-0.2, -0.15) is 4.98 Å². The van der Waals surface area contributed by atoms with Gasteiger partial charge in [-0.15, -0.1) is 0 Å². The molecular weight excluding hydrogens is 318 g/mol. The molecule has 25 heavy (non-hydrogen) atoms. The Morgan fingerprint density at radius 2 is 1.96 bits per heavy atom. The normalized spacial score (nSPS) is 20.1. The van der Waals surface area contributed by atoms with Crippen molar-refractivity contribution >= 4 is 5.91 Å². The van der Waals surface area contributed by atoms with E-state index in [9.17, 15) is 4.79 Å². The summed E-state index contributed by atoms with van der Waals surface area (Å²) in [7, 11) is 0. The number of furan rings is 1. The van der Waals surface area contributed by atoms with Crippen molar-refractivity contribution in [2.75, 3.05) is 13.1 Å². The van der Waals surface area contributed by atoms with Crippen LogP contribution in [0.2, 0.25) is 0 Å². The monoisotopic (exact) mass is 343 g/mol. The number of aryl methyl sites for hydroxylation is 1. The van der Waals surface area contributed by atoms with Crippen LogP contribution in [0.15, 0.2) is 27.3 Å². The van der Waals surface area contributed by atoms with Crippen LogP contribution in [0.4, 0.5) is 0 Å². The molecule has 0 atom stereocenters. The van der Waals surface area contributed by atoms with Gasteiger partial charge in [0.05, 0.1) is 6.26 Å². The highest BCUT2D eigenvalue weighted by Gasteiger charge is 2.36. The minimum Gasteiger partial charge on any atom is -0.461 e. The van der Waals surface area contributed by atoms with E-state index in [0.717, 1.165) is 13.1 Å². The van der Waals surface area contributed by atoms with Gasteiger partial charge in [0.15, 0.2) is 5.76 Å². The molecule has 1 spiro atoms. The van der Waals surface area contributed by atoms with E-state index in [1.54, 1.807) is 18.4 Å². The summed E-state index contributed by atoms with van der Waals surface area (Å²) in [5, 5.41) is 3.90. The van der Waals surface area contributed by atoms with E-state index in [0.29, 0.717) is 35.7 Å². The first-order valence-corrected chi connectivity index (χ1v) is 9.38. The Morgan fingerprint density at radius 1 is 1.16 bits per heavy atom. The topological polar surface area (TPSA) is 72.4 Å². The Balaban J connectivity index is 1.27. The maximum absolute atomic E-state index is 12.5. The molecule has 6 heteroatoms. The van der Waals surface area contributed by atoms with Crippen molar-refractivity contribution in [3.63, 3.8) is 0 Å². The first-order valence-electron chi connectivity index (χ1n) is 9.38. The Kier molecular flexibility index (Phi) is 4.59. The zero-order valence-corrected chi connectivity index (χ0v) is 14.6. The first kappa shape index (κ1) is 16.4. The number of hydrogen-bond acceptors (Lipinski definition) is 5. The molecule has 2 aliphatic rings. The summed E-state index contributed by atoms with van der Waals surface area (Å²) < 4.78 is 10.5. The SMILES string of the molecule is O=C(CCc1nc(-c2ccco2)no1)N1CCC2(CCCCC2)CC1. The number of piperidine rings is 1. The van der Waals surface area contributed by atoms with Crippen molar-refractivity contribution in [2.45, 2.75) is 57.8 Å². The van der Waals surface area contributed by atoms with Crippen LogP contribution in [-0.4, -0.2) is 34.0 Å². The third kappa shape index (κ3) is 3.62. The fraction of sp³-hybridized carbons (Fsp3) is 0.632. The lowest BCUT2D eigenvalue weighted by Gasteiger charge is -2.44. The van der Waals surface area contributed by atoms with Crippen molar-refractivity contribution in [3.8, 4) is 11.6 Å². The molecule has 0 aromatic carbocycles. The highest BCUT2D eigenvalue weighted by atomic mass is 16.5. The van der Waals surface area contributed by atoms with Gasteiger partial charge >= 0.3 is 0 Å². The van der Waals surface area contributed by atoms with Crippen LogP contribution in [0.5, 0.6) is 0 Å². The molecule has 134 valence electrons. The molecule has 1 saturated carbocycles. The zero-order valence-electron chi connectivity index (χ0n) is 14.6. The van der Waals surface area contributed by atoms with Crippen LogP contribution < -0.4 is 0 Å². The molecule has 0 unspecified atom stereocenters. The van der Waals surface area contributed by atoms with Crippen molar-refractivity contribution in [1.29, 1.82) is 0 Å². The van der Waals surface area contributed by atoms with Gasteiger partial charge in [0.25, 0.3) is 0 Å². The number of carbonyl (C=O) groups is 1. The van der Waals surface area contributed by atoms with E-state index in [-0.39, 0.29) is 5.91 Å². The third-order valence-corrected chi connectivity index (χ3v) is 5.85. The molecule has 1 aliphatic heterocycles. The van der Waals surface area contributed by atoms with Crippen LogP contribution in [0, 0.1) is 5.41 Å². The lowest BCUT2D eigenvalue weighted by atomic mass is 9.68. The fourth-order valence-electron chi connectivity index (χ4n) is 4.27. The van der Waals surface area contributed by atoms with Gasteiger partial charge in [-0.25, -0.2) is 0 Å². The molecule has 0 radical (unpaired) electrons. The molecule has 0 N–H and O–H groups in total. The van der Waals surface area contributed by atoms with E-state index < -0.39 is 0 Å². The van der Waals surface area contributed by atoms with Gasteiger partial charge in [-0.3, -0.25) is 4.79 Å². The van der Waals surface area contributed by atoms with Gasteiger partial charge in [0.1, 0.15) is 0 Å². The molecule has 2 fully saturated rings. The Hall–Kier alpha value is -2.11. The second-order valence-electron chi connectivity index (χ2n) is 7.43. The first-order chi connectivity index (χ1) is 12.2. The minimum absolute atomic E-state index is 0.198. The molecule has 2 aromatic heterocycles. The van der Waals surface area contributed by atoms with Crippen LogP contribution in [-0.2, 0) is 11.2 Å². The van der Waals surface area contributed by atoms with Gasteiger partial charge in [-0.05, 0) is 43.2 Å². The molecule has 1 saturated heterocycles. The average molecular weight is 343 g/mol. The van der Waals surface area contributed by atoms with E-state index in [1.165, 1.54) is 44.9 Å². The number of amides is 1. The molecule has 1 aliphatic carbocycles. The van der Waals surface area contributed by atoms with Gasteiger partial charge < -0.3 is 13.8 Å². The Morgan fingerprint density at radius 3 is 2.68 bits per heavy atom. The summed E-state index contributed by atoms with van der Waals surface area (Å²) in [5.74, 6) is 1.70. The Bertz CT molecular complexity index is 691. The number of likely N-dealkylation sites (tertiary alicyclic amines) is 1. The fourth-order valence-corrected chi connectivity index (χ4v) is 4.27. The van der Waals surface area contributed by atoms with E-state index in [1.807, 2.05) is 4.90 Å². The molecule has 2 aromatic rings. The van der Waals surface area contributed by atoms with Gasteiger partial charge in [-0.1, -0.05) is 24.4 Å². The maximum Gasteiger partial charge on any atom is 0.238 e. The summed E-state index contributed by atoms with van der Waals surface area (Å²) >= 11 is 0. The van der Waals surface area contributed by atoms with Crippen LogP contribution >= 0.6 is 0 Å². The highest BCUT2D eigenvalue weighted by Crippen LogP contribution is 2.44. The smallest absolute Gasteiger partial charge is 0.238 e. The van der Waals surface area contributed by atoms with Crippen molar-refractivity contribution in [3.05, 3.63) is 24.3 Å². The van der Waals surface area contributed by atoms with Gasteiger partial charge in [0, 0.05) is 25.9 Å².